The number of allylic oxidation sites excluding steroid dienone is 1. The van der Waals surface area contributed by atoms with Crippen LogP contribution in [-0.4, -0.2) is 13.2 Å². The second-order valence-corrected chi connectivity index (χ2v) is 7.05. The highest BCUT2D eigenvalue weighted by Gasteiger charge is 2.11. The van der Waals surface area contributed by atoms with Crippen LogP contribution in [0.4, 0.5) is 0 Å². The summed E-state index contributed by atoms with van der Waals surface area (Å²) in [5.74, 6) is 0.809. The quantitative estimate of drug-likeness (QED) is 0.494. The Balaban J connectivity index is 2.08. The zero-order valence-corrected chi connectivity index (χ0v) is 16.6. The minimum Gasteiger partial charge on any atom is -0.492 e. The van der Waals surface area contributed by atoms with Gasteiger partial charge in [-0.05, 0) is 71.2 Å². The van der Waals surface area contributed by atoms with Crippen molar-refractivity contribution in [3.05, 3.63) is 99.5 Å². The lowest BCUT2D eigenvalue weighted by Gasteiger charge is -2.15. The van der Waals surface area contributed by atoms with Crippen LogP contribution in [0.15, 0.2) is 72.8 Å². The third-order valence-corrected chi connectivity index (χ3v) is 4.82. The summed E-state index contributed by atoms with van der Waals surface area (Å²) in [5.41, 5.74) is 11.1. The first-order valence-corrected chi connectivity index (χ1v) is 9.50. The molecule has 4 heteroatoms. The van der Waals surface area contributed by atoms with Gasteiger partial charge in [0.1, 0.15) is 12.4 Å². The van der Waals surface area contributed by atoms with Crippen LogP contribution < -0.4 is 10.5 Å². The Morgan fingerprint density at radius 1 is 0.741 bits per heavy atom. The van der Waals surface area contributed by atoms with E-state index in [4.69, 9.17) is 33.7 Å². The van der Waals surface area contributed by atoms with Crippen LogP contribution in [0.5, 0.6) is 5.75 Å². The van der Waals surface area contributed by atoms with Gasteiger partial charge in [-0.3, -0.25) is 0 Å². The Morgan fingerprint density at radius 3 is 1.67 bits per heavy atom. The van der Waals surface area contributed by atoms with Crippen molar-refractivity contribution in [1.29, 1.82) is 0 Å². The molecule has 27 heavy (non-hydrogen) atoms. The molecule has 138 valence electrons. The molecule has 0 spiro atoms. The van der Waals surface area contributed by atoms with Crippen LogP contribution in [0.25, 0.3) is 11.1 Å². The second kappa shape index (κ2) is 9.09. The number of halogens is 2. The van der Waals surface area contributed by atoms with Gasteiger partial charge in [-0.15, -0.1) is 0 Å². The molecule has 3 rings (SSSR count). The van der Waals surface area contributed by atoms with Gasteiger partial charge in [0.05, 0.1) is 0 Å². The summed E-state index contributed by atoms with van der Waals surface area (Å²) in [6.45, 7) is 3.11. The van der Waals surface area contributed by atoms with Crippen LogP contribution in [0.1, 0.15) is 23.6 Å². The van der Waals surface area contributed by atoms with Crippen molar-refractivity contribution in [3.63, 3.8) is 0 Å². The van der Waals surface area contributed by atoms with Crippen molar-refractivity contribution in [2.45, 2.75) is 6.92 Å². The minimum atomic E-state index is 0.493. The van der Waals surface area contributed by atoms with E-state index in [0.29, 0.717) is 18.2 Å². The number of ether oxygens (including phenoxy) is 1. The van der Waals surface area contributed by atoms with Gasteiger partial charge in [0.2, 0.25) is 0 Å². The van der Waals surface area contributed by atoms with E-state index in [1.807, 2.05) is 60.7 Å². The third kappa shape index (κ3) is 4.92. The fourth-order valence-corrected chi connectivity index (χ4v) is 3.21. The number of rotatable bonds is 6. The van der Waals surface area contributed by atoms with Gasteiger partial charge in [-0.1, -0.05) is 59.6 Å². The Bertz CT molecular complexity index is 914. The molecular formula is C23H21Cl2NO. The number of nitrogens with two attached hydrogens (primary N) is 1. The van der Waals surface area contributed by atoms with Crippen LogP contribution >= 0.6 is 23.2 Å². The lowest BCUT2D eigenvalue weighted by Crippen LogP contribution is -2.10. The van der Waals surface area contributed by atoms with Gasteiger partial charge in [-0.2, -0.15) is 0 Å². The molecule has 0 bridgehead atoms. The van der Waals surface area contributed by atoms with E-state index in [2.05, 4.69) is 19.1 Å². The highest BCUT2D eigenvalue weighted by molar-refractivity contribution is 6.31. The predicted octanol–water partition coefficient (Wildman–Crippen LogP) is 6.31. The first kappa shape index (κ1) is 19.5. The number of benzene rings is 3. The maximum absolute atomic E-state index is 6.09. The Kier molecular flexibility index (Phi) is 6.57. The van der Waals surface area contributed by atoms with E-state index in [1.54, 1.807) is 0 Å². The second-order valence-electron chi connectivity index (χ2n) is 6.18. The molecule has 0 aliphatic heterocycles. The van der Waals surface area contributed by atoms with E-state index >= 15 is 0 Å². The normalized spacial score (nSPS) is 11.9. The van der Waals surface area contributed by atoms with Gasteiger partial charge >= 0.3 is 0 Å². The first-order chi connectivity index (χ1) is 13.1. The molecule has 0 heterocycles. The predicted molar refractivity (Wildman–Crippen MR) is 115 cm³/mol. The fourth-order valence-electron chi connectivity index (χ4n) is 2.96. The summed E-state index contributed by atoms with van der Waals surface area (Å²) >= 11 is 12.1. The average molecular weight is 398 g/mol. The maximum atomic E-state index is 6.09. The number of hydrogen-bond donors (Lipinski definition) is 1. The molecule has 0 amide bonds. The van der Waals surface area contributed by atoms with Gasteiger partial charge in [-0.25, -0.2) is 0 Å². The largest absolute Gasteiger partial charge is 0.492 e. The molecule has 3 aromatic carbocycles. The molecular weight excluding hydrogens is 377 g/mol. The fraction of sp³-hybridized carbons (Fsp3) is 0.130. The summed E-state index contributed by atoms with van der Waals surface area (Å²) < 4.78 is 5.60. The Morgan fingerprint density at radius 2 is 1.19 bits per heavy atom. The zero-order chi connectivity index (χ0) is 19.2. The molecule has 2 nitrogen and oxygen atoms in total. The monoisotopic (exact) mass is 397 g/mol. The Labute approximate surface area is 170 Å². The zero-order valence-electron chi connectivity index (χ0n) is 15.1. The molecule has 0 saturated carbocycles. The van der Waals surface area contributed by atoms with E-state index in [1.165, 1.54) is 0 Å². The van der Waals surface area contributed by atoms with Crippen LogP contribution in [-0.2, 0) is 0 Å². The summed E-state index contributed by atoms with van der Waals surface area (Å²) in [7, 11) is 0. The van der Waals surface area contributed by atoms with Crippen LogP contribution in [0.3, 0.4) is 0 Å². The van der Waals surface area contributed by atoms with Gasteiger partial charge in [0, 0.05) is 16.6 Å². The highest BCUT2D eigenvalue weighted by Crippen LogP contribution is 2.33. The molecule has 0 aromatic heterocycles. The van der Waals surface area contributed by atoms with Crippen LogP contribution in [0, 0.1) is 0 Å². The SMILES string of the molecule is C/C(=C(/c1ccc(Cl)cc1)c1ccc(OCCN)cc1)c1ccc(Cl)cc1. The van der Waals surface area contributed by atoms with Gasteiger partial charge < -0.3 is 10.5 Å². The third-order valence-electron chi connectivity index (χ3n) is 4.31. The summed E-state index contributed by atoms with van der Waals surface area (Å²) in [4.78, 5) is 0. The van der Waals surface area contributed by atoms with Crippen molar-refractivity contribution >= 4 is 34.3 Å². The molecule has 0 aliphatic rings. The van der Waals surface area contributed by atoms with E-state index in [-0.39, 0.29) is 0 Å². The molecule has 0 aliphatic carbocycles. The lowest BCUT2D eigenvalue weighted by atomic mass is 9.90. The molecule has 2 N–H and O–H groups in total. The first-order valence-electron chi connectivity index (χ1n) is 8.74. The molecule has 3 aromatic rings. The molecule has 0 unspecified atom stereocenters. The smallest absolute Gasteiger partial charge is 0.119 e. The topological polar surface area (TPSA) is 35.2 Å². The Hall–Kier alpha value is -2.26. The number of hydrogen-bond acceptors (Lipinski definition) is 2. The maximum Gasteiger partial charge on any atom is 0.119 e. The van der Waals surface area contributed by atoms with Crippen molar-refractivity contribution in [2.75, 3.05) is 13.2 Å². The van der Waals surface area contributed by atoms with E-state index in [9.17, 15) is 0 Å². The van der Waals surface area contributed by atoms with Crippen molar-refractivity contribution in [1.82, 2.24) is 0 Å². The van der Waals surface area contributed by atoms with E-state index < -0.39 is 0 Å². The summed E-state index contributed by atoms with van der Waals surface area (Å²) in [6.07, 6.45) is 0. The lowest BCUT2D eigenvalue weighted by molar-refractivity contribution is 0.328. The summed E-state index contributed by atoms with van der Waals surface area (Å²) in [5, 5.41) is 1.44. The molecule has 0 saturated heterocycles. The standard InChI is InChI=1S/C23H21Cl2NO/c1-16(17-2-8-20(24)9-3-17)23(18-4-10-21(25)11-5-18)19-6-12-22(13-7-19)27-15-14-26/h2-13H,14-15,26H2,1H3/b23-16+. The summed E-state index contributed by atoms with van der Waals surface area (Å²) in [6, 6.07) is 23.8. The highest BCUT2D eigenvalue weighted by atomic mass is 35.5. The average Bonchev–Trinajstić information content (AvgIpc) is 2.69. The minimum absolute atomic E-state index is 0.493. The van der Waals surface area contributed by atoms with E-state index in [0.717, 1.165) is 38.6 Å². The molecule has 0 atom stereocenters. The van der Waals surface area contributed by atoms with Crippen molar-refractivity contribution < 1.29 is 4.74 Å². The van der Waals surface area contributed by atoms with Crippen molar-refractivity contribution in [2.24, 2.45) is 5.73 Å². The van der Waals surface area contributed by atoms with Crippen molar-refractivity contribution in [3.8, 4) is 5.75 Å². The van der Waals surface area contributed by atoms with Gasteiger partial charge in [0.25, 0.3) is 0 Å². The van der Waals surface area contributed by atoms with Crippen LogP contribution in [0.2, 0.25) is 10.0 Å². The molecule has 0 fully saturated rings. The molecule has 0 radical (unpaired) electrons. The van der Waals surface area contributed by atoms with Gasteiger partial charge in [0.15, 0.2) is 0 Å².